The number of amides is 1. The van der Waals surface area contributed by atoms with E-state index in [-0.39, 0.29) is 22.8 Å². The number of carbonyl (C=O) groups is 1. The average Bonchev–Trinajstić information content (AvgIpc) is 3.50. The van der Waals surface area contributed by atoms with Gasteiger partial charge in [0.05, 0.1) is 0 Å². The zero-order valence-corrected chi connectivity index (χ0v) is 18.5. The number of alkyl halides is 3. The third kappa shape index (κ3) is 5.39. The molecule has 0 aliphatic heterocycles. The summed E-state index contributed by atoms with van der Waals surface area (Å²) in [7, 11) is 1.82. The molecule has 0 fully saturated rings. The van der Waals surface area contributed by atoms with Crippen molar-refractivity contribution in [3.05, 3.63) is 71.2 Å². The van der Waals surface area contributed by atoms with Gasteiger partial charge in [-0.15, -0.1) is 11.3 Å². The van der Waals surface area contributed by atoms with Gasteiger partial charge < -0.3 is 14.7 Å². The molecule has 12 heteroatoms. The normalized spacial score (nSPS) is 11.4. The third-order valence-corrected chi connectivity index (χ3v) is 5.64. The van der Waals surface area contributed by atoms with Crippen LogP contribution in [0.4, 0.5) is 23.4 Å². The number of likely N-dealkylation sites (N-methyl/N-ethyl adjacent to an activating group) is 1. The van der Waals surface area contributed by atoms with Crippen LogP contribution in [0.2, 0.25) is 0 Å². The van der Waals surface area contributed by atoms with Crippen LogP contribution in [-0.2, 0) is 6.18 Å². The van der Waals surface area contributed by atoms with E-state index >= 15 is 0 Å². The Hall–Kier alpha value is -3.80. The molecule has 0 bridgehead atoms. The fourth-order valence-corrected chi connectivity index (χ4v) is 3.84. The average molecular weight is 491 g/mol. The summed E-state index contributed by atoms with van der Waals surface area (Å²) in [4.78, 5) is 22.2. The first-order valence-corrected chi connectivity index (χ1v) is 10.8. The number of benzene rings is 2. The lowest BCUT2D eigenvalue weighted by atomic mass is 10.1. The molecule has 0 atom stereocenters. The van der Waals surface area contributed by atoms with Gasteiger partial charge in [0.1, 0.15) is 16.6 Å². The molecule has 1 N–H and O–H groups in total. The highest BCUT2D eigenvalue weighted by Crippen LogP contribution is 2.30. The predicted octanol–water partition coefficient (Wildman–Crippen LogP) is 4.88. The monoisotopic (exact) mass is 491 g/mol. The van der Waals surface area contributed by atoms with Crippen LogP contribution in [0.3, 0.4) is 0 Å². The largest absolute Gasteiger partial charge is 0.471 e. The maximum atomic E-state index is 13.1. The number of nitrogens with one attached hydrogen (secondary N) is 1. The first kappa shape index (κ1) is 23.4. The number of halogens is 4. The first-order valence-electron chi connectivity index (χ1n) is 9.93. The molecule has 0 saturated carbocycles. The molecule has 176 valence electrons. The van der Waals surface area contributed by atoms with Crippen LogP contribution in [0.25, 0.3) is 22.0 Å². The number of carbonyl (C=O) groups excluding carboxylic acids is 1. The lowest BCUT2D eigenvalue weighted by Crippen LogP contribution is -2.33. The van der Waals surface area contributed by atoms with Crippen molar-refractivity contribution in [3.63, 3.8) is 0 Å². The molecule has 0 radical (unpaired) electrons. The highest BCUT2D eigenvalue weighted by Gasteiger charge is 2.38. The van der Waals surface area contributed by atoms with E-state index in [1.54, 1.807) is 12.1 Å². The summed E-state index contributed by atoms with van der Waals surface area (Å²) in [5, 5.41) is 8.71. The molecule has 2 heterocycles. The summed E-state index contributed by atoms with van der Waals surface area (Å²) in [6, 6.07) is 12.0. The van der Waals surface area contributed by atoms with Crippen molar-refractivity contribution in [1.29, 1.82) is 0 Å². The topological polar surface area (TPSA) is 84.2 Å². The number of aromatic nitrogens is 3. The Labute approximate surface area is 195 Å². The van der Waals surface area contributed by atoms with Crippen LogP contribution >= 0.6 is 11.3 Å². The molecule has 1 amide bonds. The zero-order chi connectivity index (χ0) is 24.3. The number of rotatable bonds is 7. The fraction of sp³-hybridized carbons (Fsp3) is 0.182. The zero-order valence-electron chi connectivity index (χ0n) is 17.6. The Morgan fingerprint density at radius 3 is 2.59 bits per heavy atom. The van der Waals surface area contributed by atoms with Crippen LogP contribution in [0, 0.1) is 5.82 Å². The van der Waals surface area contributed by atoms with Gasteiger partial charge in [-0.05, 0) is 36.4 Å². The van der Waals surface area contributed by atoms with Crippen LogP contribution in [0.15, 0.2) is 58.4 Å². The summed E-state index contributed by atoms with van der Waals surface area (Å²) < 4.78 is 55.4. The standard InChI is InChI=1S/C22H17F4N5O2S/c1-31(17-12-34-20(28-17)13-5-7-16(23)8-6-13)10-9-27-19(32)15-4-2-3-14(11-15)18-29-21(33-30-18)22(24,25)26/h2-8,11-12H,9-10H2,1H3,(H,27,32). The molecule has 4 rings (SSSR count). The Bertz CT molecular complexity index is 1290. The number of hydrogen-bond acceptors (Lipinski definition) is 7. The fourth-order valence-electron chi connectivity index (χ4n) is 2.97. The van der Waals surface area contributed by atoms with Gasteiger partial charge in [0.2, 0.25) is 5.82 Å². The minimum absolute atomic E-state index is 0.222. The molecule has 7 nitrogen and oxygen atoms in total. The van der Waals surface area contributed by atoms with Gasteiger partial charge >= 0.3 is 12.1 Å². The minimum Gasteiger partial charge on any atom is -0.357 e. The SMILES string of the molecule is CN(CCNC(=O)c1cccc(-c2noc(C(F)(F)F)n2)c1)c1csc(-c2ccc(F)cc2)n1. The van der Waals surface area contributed by atoms with E-state index in [1.807, 2.05) is 17.3 Å². The molecule has 34 heavy (non-hydrogen) atoms. The van der Waals surface area contributed by atoms with Gasteiger partial charge in [-0.25, -0.2) is 9.37 Å². The highest BCUT2D eigenvalue weighted by atomic mass is 32.1. The molecular formula is C22H17F4N5O2S. The molecule has 0 saturated heterocycles. The number of hydrogen-bond donors (Lipinski definition) is 1. The Morgan fingerprint density at radius 2 is 1.88 bits per heavy atom. The smallest absolute Gasteiger partial charge is 0.357 e. The van der Waals surface area contributed by atoms with Crippen molar-refractivity contribution in [3.8, 4) is 22.0 Å². The lowest BCUT2D eigenvalue weighted by Gasteiger charge is -2.16. The maximum absolute atomic E-state index is 13.1. The van der Waals surface area contributed by atoms with E-state index in [4.69, 9.17) is 0 Å². The van der Waals surface area contributed by atoms with Crippen molar-refractivity contribution >= 4 is 23.1 Å². The molecule has 0 unspecified atom stereocenters. The predicted molar refractivity (Wildman–Crippen MR) is 118 cm³/mol. The Kier molecular flexibility index (Phi) is 6.59. The Morgan fingerprint density at radius 1 is 1.12 bits per heavy atom. The molecule has 4 aromatic rings. The van der Waals surface area contributed by atoms with Crippen LogP contribution in [0.1, 0.15) is 16.2 Å². The molecule has 2 aromatic carbocycles. The minimum atomic E-state index is -4.75. The van der Waals surface area contributed by atoms with Gasteiger partial charge in [-0.3, -0.25) is 4.79 Å². The summed E-state index contributed by atoms with van der Waals surface area (Å²) >= 11 is 1.42. The van der Waals surface area contributed by atoms with E-state index in [0.717, 1.165) is 10.6 Å². The molecule has 0 spiro atoms. The van der Waals surface area contributed by atoms with Gasteiger partial charge in [0.15, 0.2) is 0 Å². The van der Waals surface area contributed by atoms with Crippen LogP contribution < -0.4 is 10.2 Å². The van der Waals surface area contributed by atoms with Gasteiger partial charge in [0.25, 0.3) is 5.91 Å². The number of anilines is 1. The van der Waals surface area contributed by atoms with E-state index in [2.05, 4.69) is 25.0 Å². The van der Waals surface area contributed by atoms with Crippen LogP contribution in [0.5, 0.6) is 0 Å². The molecule has 0 aliphatic carbocycles. The quantitative estimate of drug-likeness (QED) is 0.371. The third-order valence-electron chi connectivity index (χ3n) is 4.76. The van der Waals surface area contributed by atoms with Crippen LogP contribution in [-0.4, -0.2) is 41.2 Å². The summed E-state index contributed by atoms with van der Waals surface area (Å²) in [6.07, 6.45) is -4.75. The maximum Gasteiger partial charge on any atom is 0.471 e. The van der Waals surface area contributed by atoms with E-state index < -0.39 is 18.0 Å². The first-order chi connectivity index (χ1) is 16.2. The summed E-state index contributed by atoms with van der Waals surface area (Å²) in [5.41, 5.74) is 1.27. The number of thiazole rings is 1. The Balaban J connectivity index is 1.34. The van der Waals surface area contributed by atoms with Crippen molar-refractivity contribution in [2.24, 2.45) is 0 Å². The molecule has 2 aromatic heterocycles. The molecular weight excluding hydrogens is 474 g/mol. The van der Waals surface area contributed by atoms with Crippen molar-refractivity contribution in [1.82, 2.24) is 20.4 Å². The second kappa shape index (κ2) is 9.59. The second-order valence-corrected chi connectivity index (χ2v) is 8.06. The van der Waals surface area contributed by atoms with E-state index in [0.29, 0.717) is 18.9 Å². The van der Waals surface area contributed by atoms with Crippen molar-refractivity contribution in [2.75, 3.05) is 25.0 Å². The van der Waals surface area contributed by atoms with Gasteiger partial charge in [-0.2, -0.15) is 18.2 Å². The summed E-state index contributed by atoms with van der Waals surface area (Å²) in [6.45, 7) is 0.751. The van der Waals surface area contributed by atoms with Gasteiger partial charge in [-0.1, -0.05) is 17.3 Å². The van der Waals surface area contributed by atoms with Crippen molar-refractivity contribution < 1.29 is 26.9 Å². The van der Waals surface area contributed by atoms with Crippen molar-refractivity contribution in [2.45, 2.75) is 6.18 Å². The second-order valence-electron chi connectivity index (χ2n) is 7.20. The van der Waals surface area contributed by atoms with E-state index in [9.17, 15) is 22.4 Å². The number of nitrogens with zero attached hydrogens (tertiary/aromatic N) is 4. The lowest BCUT2D eigenvalue weighted by molar-refractivity contribution is -0.159. The van der Waals surface area contributed by atoms with E-state index in [1.165, 1.54) is 47.7 Å². The van der Waals surface area contributed by atoms with Gasteiger partial charge in [0, 0.05) is 42.2 Å². The summed E-state index contributed by atoms with van der Waals surface area (Å²) in [5.74, 6) is -1.73. The highest BCUT2D eigenvalue weighted by molar-refractivity contribution is 7.13. The molecule has 0 aliphatic rings.